The van der Waals surface area contributed by atoms with Crippen LogP contribution in [0.25, 0.3) is 98.8 Å². The van der Waals surface area contributed by atoms with Gasteiger partial charge in [-0.15, -0.1) is 113 Å². The molecule has 0 aliphatic heterocycles. The molecule has 15 aromatic carbocycles. The number of carbonyl (C=O) groups excluding carboxylic acids is 2. The van der Waals surface area contributed by atoms with E-state index in [0.717, 1.165) is 80.3 Å². The summed E-state index contributed by atoms with van der Waals surface area (Å²) in [5.74, 6) is -1.64. The number of alkyl halides is 3. The molecule has 9 nitrogen and oxygen atoms in total. The number of nitrogens with zero attached hydrogens (tertiary/aromatic N) is 5. The van der Waals surface area contributed by atoms with Gasteiger partial charge in [-0.3, -0.25) is 14.0 Å². The number of benzene rings is 15. The number of fused-ring (bicyclic) bond motifs is 5. The maximum Gasteiger partial charge on any atom is 0.381 e. The normalized spacial score (nSPS) is 11.5. The number of anilines is 6. The van der Waals surface area contributed by atoms with Crippen molar-refractivity contribution in [3.8, 4) is 44.9 Å². The van der Waals surface area contributed by atoms with Gasteiger partial charge in [0, 0.05) is 179 Å². The maximum atomic E-state index is 13.2. The zero-order valence-electron chi connectivity index (χ0n) is 79.8. The minimum atomic E-state index is -4.37. The quantitative estimate of drug-likeness (QED) is 0.0475. The SMILES string of the molecule is CC(=O)CC(C)O.CC(C)(C)C(=O)CC(O)C(C)(C)C.CC(C)(C)c1c[c-]c(-c2nccc3ccccc23)cc1.CC(C)(C)c1c[c-]c(-c2nccc3ccccc23)cc1.Fc1[c-]c(-c2nccc3ccccc23)cc(F)c1.Fc1c[c-]c(-c2[c-]cc(C(F)(F)F)cc2)cc1.[Ir].[Ir].[Ir].[Ir].c1ccc(N(c2ccccc2)c2c3ccccc3c(N(c3ccccc3)c3ccccc3)c3ccccc23)cc1. The molecule has 0 aliphatic rings. The van der Waals surface area contributed by atoms with Crippen LogP contribution in [0.3, 0.4) is 0 Å². The first-order valence-corrected chi connectivity index (χ1v) is 44.7. The number of hydrogen-bond donors (Lipinski definition) is 2. The Hall–Kier alpha value is -11.9. The molecule has 0 amide bonds. The van der Waals surface area contributed by atoms with Gasteiger partial charge in [0.1, 0.15) is 11.6 Å². The molecule has 0 bridgehead atoms. The van der Waals surface area contributed by atoms with Crippen LogP contribution in [0.4, 0.5) is 60.5 Å². The molecule has 0 spiro atoms. The minimum Gasteiger partial charge on any atom is -0.393 e. The molecule has 19 heteroatoms. The van der Waals surface area contributed by atoms with Gasteiger partial charge < -0.3 is 35.0 Å². The summed E-state index contributed by atoms with van der Waals surface area (Å²) in [5, 5.41) is 29.6. The number of carbonyl (C=O) groups is 2. The van der Waals surface area contributed by atoms with Crippen LogP contribution in [0.15, 0.2) is 364 Å². The number of aliphatic hydroxyl groups is 2. The summed E-state index contributed by atoms with van der Waals surface area (Å²) in [6.45, 7) is 27.8. The van der Waals surface area contributed by atoms with Crippen LogP contribution in [-0.4, -0.2) is 48.9 Å². The van der Waals surface area contributed by atoms with E-state index in [-0.39, 0.29) is 126 Å². The van der Waals surface area contributed by atoms with Gasteiger partial charge in [0.05, 0.1) is 23.6 Å². The standard InChI is InChI=1S/C38H28N2.2C19H18N.C15H8F2N.C13H6F4.C11H22O2.C5H10O2.4Ir/c1-5-17-29(18-6-1)39(30-19-7-2-8-20-30)37-33-25-13-15-27-35(33)38(36-28-16-14-26-34(36)37)40(31-21-9-3-10-22-31)32-23-11-4-12-24-32;2*1-19(2,3)16-10-8-15(9-11-16)18-17-7-5-4-6-14(17)12-13-20-18;16-12-7-11(8-13(17)9-12)15-14-4-2-1-3-10(14)5-6-18-15;14-12-7-3-10(4-8-12)9-1-5-11(6-2-9)13(15,16)17;1-10(2,3)8(12)7-9(13)11(4,5)6;1-4(6)3-5(2)7;;;;/h1-28H;2*4-8,10-13H,1-3H3;1-7,9H;1,3,5-8H;8,12H,7H2,1-6H3;4,6H,3H2,1-2H3;;;;/q;3*-1;-2;;;;;;. The number of aliphatic hydroxyl groups excluding tert-OH is 2. The third kappa shape index (κ3) is 30.8. The van der Waals surface area contributed by atoms with E-state index in [9.17, 15) is 41.0 Å². The van der Waals surface area contributed by atoms with Crippen LogP contribution in [0, 0.1) is 58.6 Å². The number of para-hydroxylation sites is 4. The first-order valence-electron chi connectivity index (χ1n) is 44.7. The average Bonchev–Trinajstić information content (AvgIpc) is 0.723. The van der Waals surface area contributed by atoms with Crippen molar-refractivity contribution in [3.05, 3.63) is 429 Å². The van der Waals surface area contributed by atoms with Crippen LogP contribution in [-0.2, 0) is 107 Å². The molecule has 4 radical (unpaired) electrons. The van der Waals surface area contributed by atoms with Crippen molar-refractivity contribution in [3.63, 3.8) is 0 Å². The van der Waals surface area contributed by atoms with Gasteiger partial charge in [0.25, 0.3) is 0 Å². The van der Waals surface area contributed by atoms with Gasteiger partial charge in [-0.05, 0) is 152 Å². The molecule has 0 saturated carbocycles. The summed E-state index contributed by atoms with van der Waals surface area (Å²) < 4.78 is 75.9. The second-order valence-corrected chi connectivity index (χ2v) is 36.9. The molecule has 3 aromatic heterocycles. The van der Waals surface area contributed by atoms with E-state index in [1.807, 2.05) is 96.4 Å². The van der Waals surface area contributed by atoms with Crippen molar-refractivity contribution in [1.29, 1.82) is 0 Å². The second-order valence-electron chi connectivity index (χ2n) is 36.9. The smallest absolute Gasteiger partial charge is 0.381 e. The van der Waals surface area contributed by atoms with Crippen LogP contribution in [0.2, 0.25) is 0 Å². The van der Waals surface area contributed by atoms with E-state index in [0.29, 0.717) is 22.4 Å². The van der Waals surface area contributed by atoms with E-state index >= 15 is 0 Å². The van der Waals surface area contributed by atoms with E-state index in [1.165, 1.54) is 96.8 Å². The zero-order chi connectivity index (χ0) is 96.8. The second kappa shape index (κ2) is 51.3. The summed E-state index contributed by atoms with van der Waals surface area (Å²) in [6.07, 6.45) is 0.492. The molecule has 2 N–H and O–H groups in total. The molecule has 0 aliphatic carbocycles. The first kappa shape index (κ1) is 112. The fraction of sp³-hybridized carbons (Fsp3) is 0.192. The van der Waals surface area contributed by atoms with Crippen LogP contribution in [0.1, 0.15) is 126 Å². The Morgan fingerprint density at radius 2 is 0.647 bits per heavy atom. The number of pyridine rings is 3. The summed E-state index contributed by atoms with van der Waals surface area (Å²) in [6, 6.07) is 127. The Morgan fingerprint density at radius 1 is 0.345 bits per heavy atom. The average molecular weight is 2570 g/mol. The van der Waals surface area contributed by atoms with Crippen molar-refractivity contribution in [2.24, 2.45) is 10.8 Å². The third-order valence-corrected chi connectivity index (χ3v) is 22.3. The monoisotopic (exact) mass is 2570 g/mol. The Morgan fingerprint density at radius 3 is 0.921 bits per heavy atom. The van der Waals surface area contributed by atoms with Gasteiger partial charge in [-0.1, -0.05) is 283 Å². The van der Waals surface area contributed by atoms with Crippen molar-refractivity contribution in [2.75, 3.05) is 9.80 Å². The van der Waals surface area contributed by atoms with Crippen LogP contribution < -0.4 is 9.80 Å². The summed E-state index contributed by atoms with van der Waals surface area (Å²) in [4.78, 5) is 39.7. The largest absolute Gasteiger partial charge is 0.393 e. The van der Waals surface area contributed by atoms with Gasteiger partial charge >= 0.3 is 6.18 Å². The predicted molar refractivity (Wildman–Crippen MR) is 542 cm³/mol. The molecule has 2 atom stereocenters. The van der Waals surface area contributed by atoms with Gasteiger partial charge in [-0.25, -0.2) is 19.9 Å². The topological polar surface area (TPSA) is 120 Å². The number of halogens is 6. The van der Waals surface area contributed by atoms with Crippen LogP contribution in [0.5, 0.6) is 0 Å². The summed E-state index contributed by atoms with van der Waals surface area (Å²) in [7, 11) is 0. The molecule has 722 valence electrons. The van der Waals surface area contributed by atoms with E-state index in [1.54, 1.807) is 13.1 Å². The van der Waals surface area contributed by atoms with Gasteiger partial charge in [0.15, 0.2) is 0 Å². The Balaban J connectivity index is 0.000000209. The number of Topliss-reactive ketones (excluding diaryl/α,β-unsaturated/α-hetero) is 2. The first-order chi connectivity index (χ1) is 64.4. The zero-order valence-corrected chi connectivity index (χ0v) is 89.3. The number of aromatic nitrogens is 3. The molecule has 18 aromatic rings. The van der Waals surface area contributed by atoms with Crippen molar-refractivity contribution >= 4 is 99.6 Å². The van der Waals surface area contributed by atoms with Gasteiger partial charge in [-0.2, -0.15) is 37.4 Å². The maximum absolute atomic E-state index is 13.2. The van der Waals surface area contributed by atoms with E-state index in [4.69, 9.17) is 5.11 Å². The van der Waals surface area contributed by atoms with Crippen molar-refractivity contribution < 1.29 is 127 Å². The van der Waals surface area contributed by atoms with Crippen molar-refractivity contribution in [1.82, 2.24) is 15.0 Å². The molecular formula is C120H110F6Ir4N5O4-5. The molecule has 139 heavy (non-hydrogen) atoms. The number of ketones is 2. The third-order valence-electron chi connectivity index (χ3n) is 22.3. The molecule has 3 heterocycles. The Kier molecular flexibility index (Phi) is 41.5. The number of hydrogen-bond acceptors (Lipinski definition) is 9. The van der Waals surface area contributed by atoms with Crippen LogP contribution >= 0.6 is 0 Å². The fourth-order valence-electron chi connectivity index (χ4n) is 14.9. The number of rotatable bonds is 14. The molecule has 0 saturated heterocycles. The summed E-state index contributed by atoms with van der Waals surface area (Å²) >= 11 is 0. The minimum absolute atomic E-state index is 0. The molecular weight excluding hydrogens is 2460 g/mol. The molecule has 2 unspecified atom stereocenters. The van der Waals surface area contributed by atoms with Gasteiger partial charge in [0.2, 0.25) is 0 Å². The predicted octanol–water partition coefficient (Wildman–Crippen LogP) is 31.8. The molecule has 18 rings (SSSR count). The Labute approximate surface area is 867 Å². The molecule has 0 fully saturated rings. The fourth-order valence-corrected chi connectivity index (χ4v) is 14.9. The van der Waals surface area contributed by atoms with E-state index in [2.05, 4.69) is 351 Å². The van der Waals surface area contributed by atoms with Crippen molar-refractivity contribution in [2.45, 2.75) is 139 Å². The summed E-state index contributed by atoms with van der Waals surface area (Å²) in [5.41, 5.74) is 14.3. The Bertz CT molecular complexity index is 6520. The van der Waals surface area contributed by atoms with E-state index < -0.39 is 41.4 Å².